The van der Waals surface area contributed by atoms with Crippen LogP contribution in [0, 0.1) is 0 Å². The standard InChI is InChI=1S/C17H16F3NO2/c1-23-15-8-3-2-6-13(15)11-21-16(22)10-12-5-4-7-14(9-12)17(18,19)20/h2-9H,10-11H2,1H3,(H,21,22). The number of benzene rings is 2. The number of para-hydroxylation sites is 1. The van der Waals surface area contributed by atoms with Gasteiger partial charge in [0.05, 0.1) is 19.1 Å². The minimum Gasteiger partial charge on any atom is -0.496 e. The fourth-order valence-corrected chi connectivity index (χ4v) is 2.15. The van der Waals surface area contributed by atoms with Crippen LogP contribution in [0.25, 0.3) is 0 Å². The van der Waals surface area contributed by atoms with Gasteiger partial charge in [-0.1, -0.05) is 36.4 Å². The highest BCUT2D eigenvalue weighted by molar-refractivity contribution is 5.78. The fourth-order valence-electron chi connectivity index (χ4n) is 2.15. The second kappa shape index (κ2) is 7.17. The molecule has 2 aromatic carbocycles. The molecule has 0 aliphatic rings. The van der Waals surface area contributed by atoms with Gasteiger partial charge in [-0.2, -0.15) is 13.2 Å². The second-order valence-electron chi connectivity index (χ2n) is 4.96. The van der Waals surface area contributed by atoms with Gasteiger partial charge in [0.2, 0.25) is 5.91 Å². The number of nitrogens with one attached hydrogen (secondary N) is 1. The molecule has 0 spiro atoms. The lowest BCUT2D eigenvalue weighted by atomic mass is 10.1. The molecule has 0 atom stereocenters. The van der Waals surface area contributed by atoms with E-state index < -0.39 is 11.7 Å². The molecule has 23 heavy (non-hydrogen) atoms. The molecule has 0 saturated heterocycles. The van der Waals surface area contributed by atoms with Gasteiger partial charge in [0.15, 0.2) is 0 Å². The van der Waals surface area contributed by atoms with Crippen molar-refractivity contribution in [2.45, 2.75) is 19.1 Å². The number of ether oxygens (including phenoxy) is 1. The zero-order valence-electron chi connectivity index (χ0n) is 12.5. The van der Waals surface area contributed by atoms with Gasteiger partial charge in [0.1, 0.15) is 5.75 Å². The van der Waals surface area contributed by atoms with E-state index in [0.717, 1.165) is 17.7 Å². The molecular weight excluding hydrogens is 307 g/mol. The van der Waals surface area contributed by atoms with Gasteiger partial charge < -0.3 is 10.1 Å². The zero-order chi connectivity index (χ0) is 16.9. The summed E-state index contributed by atoms with van der Waals surface area (Å²) in [4.78, 5) is 11.9. The van der Waals surface area contributed by atoms with Crippen molar-refractivity contribution >= 4 is 5.91 Å². The van der Waals surface area contributed by atoms with Crippen molar-refractivity contribution in [3.8, 4) is 5.75 Å². The summed E-state index contributed by atoms with van der Waals surface area (Å²) in [5.74, 6) is 0.294. The Labute approximate surface area is 132 Å². The lowest BCUT2D eigenvalue weighted by molar-refractivity contribution is -0.137. The number of alkyl halides is 3. The van der Waals surface area contributed by atoms with E-state index in [9.17, 15) is 18.0 Å². The van der Waals surface area contributed by atoms with Crippen LogP contribution in [0.15, 0.2) is 48.5 Å². The lowest BCUT2D eigenvalue weighted by Crippen LogP contribution is -2.25. The van der Waals surface area contributed by atoms with Crippen LogP contribution in [0.2, 0.25) is 0 Å². The normalized spacial score (nSPS) is 11.1. The van der Waals surface area contributed by atoms with Gasteiger partial charge in [-0.3, -0.25) is 4.79 Å². The van der Waals surface area contributed by atoms with Crippen LogP contribution in [-0.4, -0.2) is 13.0 Å². The predicted molar refractivity (Wildman–Crippen MR) is 80.0 cm³/mol. The van der Waals surface area contributed by atoms with E-state index in [1.807, 2.05) is 18.2 Å². The second-order valence-corrected chi connectivity index (χ2v) is 4.96. The Morgan fingerprint density at radius 2 is 1.87 bits per heavy atom. The Morgan fingerprint density at radius 1 is 1.13 bits per heavy atom. The molecule has 2 rings (SSSR count). The molecule has 2 aromatic rings. The number of carbonyl (C=O) groups excluding carboxylic acids is 1. The van der Waals surface area contributed by atoms with Gasteiger partial charge in [-0.05, 0) is 17.7 Å². The third kappa shape index (κ3) is 4.74. The molecule has 3 nitrogen and oxygen atoms in total. The molecule has 1 N–H and O–H groups in total. The number of rotatable bonds is 5. The molecule has 122 valence electrons. The first-order valence-electron chi connectivity index (χ1n) is 6.95. The van der Waals surface area contributed by atoms with E-state index in [1.54, 1.807) is 6.07 Å². The largest absolute Gasteiger partial charge is 0.496 e. The summed E-state index contributed by atoms with van der Waals surface area (Å²) in [5, 5.41) is 2.68. The highest BCUT2D eigenvalue weighted by atomic mass is 19.4. The van der Waals surface area contributed by atoms with Gasteiger partial charge in [0.25, 0.3) is 0 Å². The SMILES string of the molecule is COc1ccccc1CNC(=O)Cc1cccc(C(F)(F)F)c1. The third-order valence-corrected chi connectivity index (χ3v) is 3.29. The first-order chi connectivity index (χ1) is 10.9. The highest BCUT2D eigenvalue weighted by Crippen LogP contribution is 2.29. The molecule has 0 saturated carbocycles. The van der Waals surface area contributed by atoms with Gasteiger partial charge in [0, 0.05) is 12.1 Å². The van der Waals surface area contributed by atoms with Crippen molar-refractivity contribution in [3.63, 3.8) is 0 Å². The van der Waals surface area contributed by atoms with E-state index in [2.05, 4.69) is 5.32 Å². The molecule has 0 radical (unpaired) electrons. The summed E-state index contributed by atoms with van der Waals surface area (Å²) < 4.78 is 43.1. The van der Waals surface area contributed by atoms with Gasteiger partial charge in [-0.15, -0.1) is 0 Å². The Kier molecular flexibility index (Phi) is 5.26. The Hall–Kier alpha value is -2.50. The van der Waals surface area contributed by atoms with Crippen molar-refractivity contribution in [2.24, 2.45) is 0 Å². The lowest BCUT2D eigenvalue weighted by Gasteiger charge is -2.11. The minimum absolute atomic E-state index is 0.112. The van der Waals surface area contributed by atoms with Crippen LogP contribution in [0.3, 0.4) is 0 Å². The minimum atomic E-state index is -4.41. The summed E-state index contributed by atoms with van der Waals surface area (Å²) in [6.07, 6.45) is -4.52. The maximum absolute atomic E-state index is 12.6. The third-order valence-electron chi connectivity index (χ3n) is 3.29. The molecule has 0 heterocycles. The van der Waals surface area contributed by atoms with E-state index in [1.165, 1.54) is 19.2 Å². The smallest absolute Gasteiger partial charge is 0.416 e. The Morgan fingerprint density at radius 3 is 2.57 bits per heavy atom. The molecule has 0 aromatic heterocycles. The first-order valence-corrected chi connectivity index (χ1v) is 6.95. The molecular formula is C17H16F3NO2. The quantitative estimate of drug-likeness (QED) is 0.913. The number of hydrogen-bond donors (Lipinski definition) is 1. The van der Waals surface area contributed by atoms with Crippen LogP contribution in [0.1, 0.15) is 16.7 Å². The number of hydrogen-bond acceptors (Lipinski definition) is 2. The number of amides is 1. The monoisotopic (exact) mass is 323 g/mol. The van der Waals surface area contributed by atoms with Crippen molar-refractivity contribution in [1.29, 1.82) is 0 Å². The Balaban J connectivity index is 1.98. The van der Waals surface area contributed by atoms with E-state index in [-0.39, 0.29) is 18.9 Å². The maximum Gasteiger partial charge on any atom is 0.416 e. The van der Waals surface area contributed by atoms with Crippen LogP contribution in [0.5, 0.6) is 5.75 Å². The molecule has 6 heteroatoms. The number of methoxy groups -OCH3 is 1. The van der Waals surface area contributed by atoms with Crippen LogP contribution < -0.4 is 10.1 Å². The predicted octanol–water partition coefficient (Wildman–Crippen LogP) is 3.57. The van der Waals surface area contributed by atoms with Crippen molar-refractivity contribution < 1.29 is 22.7 Å². The number of halogens is 3. The average Bonchev–Trinajstić information content (AvgIpc) is 2.52. The summed E-state index contributed by atoms with van der Waals surface area (Å²) in [6, 6.07) is 12.0. The Bertz CT molecular complexity index is 684. The van der Waals surface area contributed by atoms with E-state index in [4.69, 9.17) is 4.74 Å². The number of carbonyl (C=O) groups is 1. The van der Waals surface area contributed by atoms with Crippen LogP contribution in [-0.2, 0) is 23.9 Å². The molecule has 0 bridgehead atoms. The summed E-state index contributed by atoms with van der Waals surface area (Å²) in [5.41, 5.74) is 0.359. The molecule has 0 unspecified atom stereocenters. The molecule has 0 aliphatic carbocycles. The summed E-state index contributed by atoms with van der Waals surface area (Å²) >= 11 is 0. The maximum atomic E-state index is 12.6. The van der Waals surface area contributed by atoms with Gasteiger partial charge >= 0.3 is 6.18 Å². The van der Waals surface area contributed by atoms with E-state index in [0.29, 0.717) is 11.3 Å². The topological polar surface area (TPSA) is 38.3 Å². The highest BCUT2D eigenvalue weighted by Gasteiger charge is 2.30. The molecule has 0 fully saturated rings. The van der Waals surface area contributed by atoms with Gasteiger partial charge in [-0.25, -0.2) is 0 Å². The van der Waals surface area contributed by atoms with E-state index >= 15 is 0 Å². The van der Waals surface area contributed by atoms with Crippen molar-refractivity contribution in [3.05, 3.63) is 65.2 Å². The molecule has 0 aliphatic heterocycles. The van der Waals surface area contributed by atoms with Crippen molar-refractivity contribution in [1.82, 2.24) is 5.32 Å². The van der Waals surface area contributed by atoms with Crippen molar-refractivity contribution in [2.75, 3.05) is 7.11 Å². The van der Waals surface area contributed by atoms with Crippen LogP contribution >= 0.6 is 0 Å². The average molecular weight is 323 g/mol. The fraction of sp³-hybridized carbons (Fsp3) is 0.235. The molecule has 1 amide bonds. The first kappa shape index (κ1) is 16.9. The van der Waals surface area contributed by atoms with Crippen LogP contribution in [0.4, 0.5) is 13.2 Å². The summed E-state index contributed by atoms with van der Waals surface area (Å²) in [6.45, 7) is 0.252. The summed E-state index contributed by atoms with van der Waals surface area (Å²) in [7, 11) is 1.53. The zero-order valence-corrected chi connectivity index (χ0v) is 12.5.